The SMILES string of the molecule is CN(C(=O)c1ccc(NC(=O)C2CCCN2)cc1Cl)C1CCCCC1. The summed E-state index contributed by atoms with van der Waals surface area (Å²) < 4.78 is 0. The molecule has 2 fully saturated rings. The normalized spacial score (nSPS) is 21.1. The van der Waals surface area contributed by atoms with Crippen LogP contribution in [0, 0.1) is 0 Å². The van der Waals surface area contributed by atoms with Gasteiger partial charge in [0.05, 0.1) is 16.6 Å². The minimum absolute atomic E-state index is 0.0489. The second-order valence-corrected chi connectivity index (χ2v) is 7.45. The lowest BCUT2D eigenvalue weighted by molar-refractivity contribution is -0.117. The third-order valence-electron chi connectivity index (χ3n) is 5.29. The average Bonchev–Trinajstić information content (AvgIpc) is 3.16. The minimum Gasteiger partial charge on any atom is -0.339 e. The Labute approximate surface area is 154 Å². The van der Waals surface area contributed by atoms with E-state index in [9.17, 15) is 9.59 Å². The predicted octanol–water partition coefficient (Wildman–Crippen LogP) is 3.44. The molecule has 0 spiro atoms. The van der Waals surface area contributed by atoms with Gasteiger partial charge in [-0.3, -0.25) is 9.59 Å². The number of amides is 2. The Kier molecular flexibility index (Phi) is 5.97. The lowest BCUT2D eigenvalue weighted by atomic mass is 9.94. The van der Waals surface area contributed by atoms with Crippen LogP contribution in [0.1, 0.15) is 55.3 Å². The van der Waals surface area contributed by atoms with Crippen LogP contribution in [0.25, 0.3) is 0 Å². The van der Waals surface area contributed by atoms with Gasteiger partial charge in [-0.25, -0.2) is 0 Å². The maximum absolute atomic E-state index is 12.8. The topological polar surface area (TPSA) is 61.4 Å². The maximum atomic E-state index is 12.8. The molecule has 2 aliphatic rings. The van der Waals surface area contributed by atoms with E-state index in [1.54, 1.807) is 18.2 Å². The van der Waals surface area contributed by atoms with Crippen molar-refractivity contribution in [1.29, 1.82) is 0 Å². The number of carbonyl (C=O) groups is 2. The second-order valence-electron chi connectivity index (χ2n) is 7.04. The van der Waals surface area contributed by atoms with E-state index in [0.29, 0.717) is 22.3 Å². The predicted molar refractivity (Wildman–Crippen MR) is 100 cm³/mol. The molecular weight excluding hydrogens is 338 g/mol. The van der Waals surface area contributed by atoms with Gasteiger partial charge in [0.1, 0.15) is 0 Å². The van der Waals surface area contributed by atoms with Crippen LogP contribution in [0.3, 0.4) is 0 Å². The van der Waals surface area contributed by atoms with E-state index >= 15 is 0 Å². The maximum Gasteiger partial charge on any atom is 0.255 e. The van der Waals surface area contributed by atoms with Gasteiger partial charge in [-0.1, -0.05) is 30.9 Å². The fourth-order valence-electron chi connectivity index (χ4n) is 3.73. The van der Waals surface area contributed by atoms with Gasteiger partial charge in [0.2, 0.25) is 5.91 Å². The number of halogens is 1. The molecule has 25 heavy (non-hydrogen) atoms. The monoisotopic (exact) mass is 363 g/mol. The highest BCUT2D eigenvalue weighted by Crippen LogP contribution is 2.26. The molecule has 1 aromatic carbocycles. The first-order valence-electron chi connectivity index (χ1n) is 9.17. The summed E-state index contributed by atoms with van der Waals surface area (Å²) in [6.07, 6.45) is 7.59. The molecule has 0 aromatic heterocycles. The summed E-state index contributed by atoms with van der Waals surface area (Å²) in [4.78, 5) is 26.7. The van der Waals surface area contributed by atoms with E-state index in [1.165, 1.54) is 19.3 Å². The van der Waals surface area contributed by atoms with Crippen molar-refractivity contribution in [2.45, 2.75) is 57.0 Å². The van der Waals surface area contributed by atoms with Crippen molar-refractivity contribution in [1.82, 2.24) is 10.2 Å². The average molecular weight is 364 g/mol. The highest BCUT2D eigenvalue weighted by atomic mass is 35.5. The summed E-state index contributed by atoms with van der Waals surface area (Å²) in [5, 5.41) is 6.42. The van der Waals surface area contributed by atoms with Crippen LogP contribution in [0.4, 0.5) is 5.69 Å². The van der Waals surface area contributed by atoms with Crippen molar-refractivity contribution < 1.29 is 9.59 Å². The number of anilines is 1. The smallest absolute Gasteiger partial charge is 0.255 e. The minimum atomic E-state index is -0.141. The molecule has 2 amide bonds. The Morgan fingerprint density at radius 3 is 2.56 bits per heavy atom. The molecule has 1 saturated carbocycles. The summed E-state index contributed by atoms with van der Waals surface area (Å²) in [6.45, 7) is 0.875. The van der Waals surface area contributed by atoms with Crippen LogP contribution in [0.2, 0.25) is 5.02 Å². The van der Waals surface area contributed by atoms with Crippen molar-refractivity contribution >= 4 is 29.1 Å². The van der Waals surface area contributed by atoms with Crippen LogP contribution in [0.15, 0.2) is 18.2 Å². The molecule has 1 aromatic rings. The molecule has 1 atom stereocenters. The van der Waals surface area contributed by atoms with E-state index in [0.717, 1.165) is 32.2 Å². The molecular formula is C19H26ClN3O2. The molecule has 0 bridgehead atoms. The van der Waals surface area contributed by atoms with Crippen molar-refractivity contribution in [2.24, 2.45) is 0 Å². The Hall–Kier alpha value is -1.59. The highest BCUT2D eigenvalue weighted by molar-refractivity contribution is 6.34. The molecule has 1 heterocycles. The fourth-order valence-corrected chi connectivity index (χ4v) is 3.99. The van der Waals surface area contributed by atoms with Crippen LogP contribution in [-0.2, 0) is 4.79 Å². The van der Waals surface area contributed by atoms with Gasteiger partial charge in [0.25, 0.3) is 5.91 Å². The summed E-state index contributed by atoms with van der Waals surface area (Å²) >= 11 is 6.34. The number of nitrogens with zero attached hydrogens (tertiary/aromatic N) is 1. The summed E-state index contributed by atoms with van der Waals surface area (Å²) in [5.41, 5.74) is 1.12. The third kappa shape index (κ3) is 4.33. The zero-order valence-electron chi connectivity index (χ0n) is 14.7. The van der Waals surface area contributed by atoms with E-state index in [-0.39, 0.29) is 17.9 Å². The molecule has 0 radical (unpaired) electrons. The standard InChI is InChI=1S/C19H26ClN3O2/c1-23(14-6-3-2-4-7-14)19(25)15-10-9-13(12-16(15)20)22-18(24)17-8-5-11-21-17/h9-10,12,14,17,21H,2-8,11H2,1H3,(H,22,24). The number of hydrogen-bond acceptors (Lipinski definition) is 3. The Morgan fingerprint density at radius 2 is 1.92 bits per heavy atom. The third-order valence-corrected chi connectivity index (χ3v) is 5.60. The number of hydrogen-bond donors (Lipinski definition) is 2. The molecule has 6 heteroatoms. The molecule has 3 rings (SSSR count). The van der Waals surface area contributed by atoms with Crippen molar-refractivity contribution in [2.75, 3.05) is 18.9 Å². The van der Waals surface area contributed by atoms with Crippen molar-refractivity contribution in [3.05, 3.63) is 28.8 Å². The van der Waals surface area contributed by atoms with Crippen molar-refractivity contribution in [3.8, 4) is 0 Å². The fraction of sp³-hybridized carbons (Fsp3) is 0.579. The molecule has 136 valence electrons. The van der Waals surface area contributed by atoms with Gasteiger partial charge in [0, 0.05) is 18.8 Å². The molecule has 1 aliphatic carbocycles. The summed E-state index contributed by atoms with van der Waals surface area (Å²) in [6, 6.07) is 5.28. The van der Waals surface area contributed by atoms with E-state index < -0.39 is 0 Å². The summed E-state index contributed by atoms with van der Waals surface area (Å²) in [7, 11) is 1.86. The lowest BCUT2D eigenvalue weighted by Crippen LogP contribution is -2.38. The van der Waals surface area contributed by atoms with Crippen LogP contribution >= 0.6 is 11.6 Å². The quantitative estimate of drug-likeness (QED) is 0.861. The number of rotatable bonds is 4. The molecule has 1 aliphatic heterocycles. The van der Waals surface area contributed by atoms with Gasteiger partial charge in [-0.2, -0.15) is 0 Å². The second kappa shape index (κ2) is 8.19. The zero-order chi connectivity index (χ0) is 17.8. The van der Waals surface area contributed by atoms with Crippen LogP contribution in [0.5, 0.6) is 0 Å². The number of nitrogens with one attached hydrogen (secondary N) is 2. The molecule has 1 saturated heterocycles. The Morgan fingerprint density at radius 1 is 1.16 bits per heavy atom. The van der Waals surface area contributed by atoms with Gasteiger partial charge in [0.15, 0.2) is 0 Å². The first-order chi connectivity index (χ1) is 12.1. The van der Waals surface area contributed by atoms with Crippen LogP contribution in [-0.4, -0.2) is 42.4 Å². The van der Waals surface area contributed by atoms with Gasteiger partial charge < -0.3 is 15.5 Å². The molecule has 1 unspecified atom stereocenters. The Bertz CT molecular complexity index is 638. The van der Waals surface area contributed by atoms with E-state index in [1.807, 2.05) is 11.9 Å². The van der Waals surface area contributed by atoms with Gasteiger partial charge in [-0.05, 0) is 50.4 Å². The highest BCUT2D eigenvalue weighted by Gasteiger charge is 2.25. The van der Waals surface area contributed by atoms with Crippen LogP contribution < -0.4 is 10.6 Å². The van der Waals surface area contributed by atoms with Gasteiger partial charge in [-0.15, -0.1) is 0 Å². The number of carbonyl (C=O) groups excluding carboxylic acids is 2. The van der Waals surface area contributed by atoms with Gasteiger partial charge >= 0.3 is 0 Å². The first-order valence-corrected chi connectivity index (χ1v) is 9.55. The zero-order valence-corrected chi connectivity index (χ0v) is 15.4. The molecule has 5 nitrogen and oxygen atoms in total. The first kappa shape index (κ1) is 18.2. The largest absolute Gasteiger partial charge is 0.339 e. The molecule has 2 N–H and O–H groups in total. The van der Waals surface area contributed by atoms with E-state index in [4.69, 9.17) is 11.6 Å². The van der Waals surface area contributed by atoms with E-state index in [2.05, 4.69) is 10.6 Å². The number of benzene rings is 1. The Balaban J connectivity index is 1.66. The van der Waals surface area contributed by atoms with Crippen molar-refractivity contribution in [3.63, 3.8) is 0 Å². The summed E-state index contributed by atoms with van der Waals surface area (Å²) in [5.74, 6) is -0.0980. The lowest BCUT2D eigenvalue weighted by Gasteiger charge is -2.31.